The molecular formula is C14H23N3. The van der Waals surface area contributed by atoms with E-state index in [1.807, 2.05) is 0 Å². The number of hydrogen-bond donors (Lipinski definition) is 1. The standard InChI is InChI=1S/C14H23N3/c1-16-7-9-17(10-8-16)12-14(15)11-13-5-3-2-4-6-13/h2-6,14H,7-12,15H2,1H3/t14-/m1/s1. The van der Waals surface area contributed by atoms with E-state index in [0.29, 0.717) is 0 Å². The first-order chi connectivity index (χ1) is 8.24. The molecule has 1 aromatic carbocycles. The van der Waals surface area contributed by atoms with E-state index in [0.717, 1.165) is 39.1 Å². The van der Waals surface area contributed by atoms with Gasteiger partial charge in [0.2, 0.25) is 0 Å². The predicted octanol–water partition coefficient (Wildman–Crippen LogP) is 0.804. The van der Waals surface area contributed by atoms with Gasteiger partial charge >= 0.3 is 0 Å². The highest BCUT2D eigenvalue weighted by atomic mass is 15.2. The highest BCUT2D eigenvalue weighted by Gasteiger charge is 2.16. The lowest BCUT2D eigenvalue weighted by Gasteiger charge is -2.33. The van der Waals surface area contributed by atoms with E-state index in [2.05, 4.69) is 47.2 Å². The first-order valence-corrected chi connectivity index (χ1v) is 6.44. The number of nitrogens with two attached hydrogens (primary N) is 1. The molecule has 1 atom stereocenters. The molecule has 1 aliphatic rings. The van der Waals surface area contributed by atoms with Crippen molar-refractivity contribution in [2.75, 3.05) is 39.8 Å². The molecule has 2 N–H and O–H groups in total. The molecule has 0 saturated carbocycles. The number of rotatable bonds is 4. The summed E-state index contributed by atoms with van der Waals surface area (Å²) >= 11 is 0. The highest BCUT2D eigenvalue weighted by molar-refractivity contribution is 5.15. The largest absolute Gasteiger partial charge is 0.326 e. The van der Waals surface area contributed by atoms with Crippen molar-refractivity contribution in [2.24, 2.45) is 5.73 Å². The molecule has 1 aromatic rings. The Morgan fingerprint density at radius 2 is 1.76 bits per heavy atom. The van der Waals surface area contributed by atoms with E-state index in [9.17, 15) is 0 Å². The number of piperazine rings is 1. The summed E-state index contributed by atoms with van der Waals surface area (Å²) < 4.78 is 0. The van der Waals surface area contributed by atoms with Crippen LogP contribution in [-0.4, -0.2) is 55.6 Å². The predicted molar refractivity (Wildman–Crippen MR) is 72.1 cm³/mol. The summed E-state index contributed by atoms with van der Waals surface area (Å²) in [5, 5.41) is 0. The molecule has 17 heavy (non-hydrogen) atoms. The third-order valence-corrected chi connectivity index (χ3v) is 3.43. The Kier molecular flexibility index (Phi) is 4.54. The van der Waals surface area contributed by atoms with E-state index in [1.54, 1.807) is 0 Å². The van der Waals surface area contributed by atoms with Gasteiger partial charge in [0.05, 0.1) is 0 Å². The molecule has 1 saturated heterocycles. The molecule has 1 fully saturated rings. The maximum Gasteiger partial charge on any atom is 0.0208 e. The minimum absolute atomic E-state index is 0.251. The fourth-order valence-corrected chi connectivity index (χ4v) is 2.34. The van der Waals surface area contributed by atoms with Crippen molar-refractivity contribution in [3.05, 3.63) is 35.9 Å². The van der Waals surface area contributed by atoms with Crippen LogP contribution in [0.25, 0.3) is 0 Å². The Morgan fingerprint density at radius 1 is 1.12 bits per heavy atom. The fraction of sp³-hybridized carbons (Fsp3) is 0.571. The van der Waals surface area contributed by atoms with Crippen LogP contribution in [0.1, 0.15) is 5.56 Å². The van der Waals surface area contributed by atoms with Crippen LogP contribution in [0.15, 0.2) is 30.3 Å². The molecule has 2 rings (SSSR count). The molecule has 0 spiro atoms. The average molecular weight is 233 g/mol. The molecule has 1 aliphatic heterocycles. The maximum atomic E-state index is 6.22. The van der Waals surface area contributed by atoms with Crippen LogP contribution in [0.4, 0.5) is 0 Å². The van der Waals surface area contributed by atoms with E-state index in [-0.39, 0.29) is 6.04 Å². The van der Waals surface area contributed by atoms with Crippen LogP contribution in [0.2, 0.25) is 0 Å². The summed E-state index contributed by atoms with van der Waals surface area (Å²) in [5.41, 5.74) is 7.56. The van der Waals surface area contributed by atoms with E-state index >= 15 is 0 Å². The minimum atomic E-state index is 0.251. The molecule has 0 radical (unpaired) electrons. The van der Waals surface area contributed by atoms with Gasteiger partial charge in [0, 0.05) is 38.8 Å². The Labute approximate surface area is 104 Å². The van der Waals surface area contributed by atoms with Gasteiger partial charge in [-0.05, 0) is 19.0 Å². The molecule has 0 bridgehead atoms. The van der Waals surface area contributed by atoms with Gasteiger partial charge in [-0.2, -0.15) is 0 Å². The molecule has 0 unspecified atom stereocenters. The lowest BCUT2D eigenvalue weighted by molar-refractivity contribution is 0.147. The molecule has 0 aliphatic carbocycles. The van der Waals surface area contributed by atoms with Gasteiger partial charge in [-0.1, -0.05) is 30.3 Å². The van der Waals surface area contributed by atoms with Crippen molar-refractivity contribution >= 4 is 0 Å². The van der Waals surface area contributed by atoms with Crippen LogP contribution in [0, 0.1) is 0 Å². The van der Waals surface area contributed by atoms with E-state index < -0.39 is 0 Å². The fourth-order valence-electron chi connectivity index (χ4n) is 2.34. The van der Waals surface area contributed by atoms with Gasteiger partial charge in [-0.3, -0.25) is 4.90 Å². The second-order valence-corrected chi connectivity index (χ2v) is 5.05. The van der Waals surface area contributed by atoms with Gasteiger partial charge < -0.3 is 10.6 Å². The van der Waals surface area contributed by atoms with Crippen molar-refractivity contribution in [2.45, 2.75) is 12.5 Å². The topological polar surface area (TPSA) is 32.5 Å². The van der Waals surface area contributed by atoms with Crippen LogP contribution in [-0.2, 0) is 6.42 Å². The van der Waals surface area contributed by atoms with Crippen molar-refractivity contribution in [3.63, 3.8) is 0 Å². The Morgan fingerprint density at radius 3 is 2.41 bits per heavy atom. The average Bonchev–Trinajstić information content (AvgIpc) is 2.33. The summed E-state index contributed by atoms with van der Waals surface area (Å²) in [4.78, 5) is 4.85. The van der Waals surface area contributed by atoms with Crippen molar-refractivity contribution in [1.82, 2.24) is 9.80 Å². The molecule has 3 heteroatoms. The van der Waals surface area contributed by atoms with Crippen molar-refractivity contribution in [1.29, 1.82) is 0 Å². The zero-order valence-electron chi connectivity index (χ0n) is 10.7. The van der Waals surface area contributed by atoms with Gasteiger partial charge in [0.15, 0.2) is 0 Å². The monoisotopic (exact) mass is 233 g/mol. The Balaban J connectivity index is 1.76. The molecule has 3 nitrogen and oxygen atoms in total. The lowest BCUT2D eigenvalue weighted by atomic mass is 10.1. The first kappa shape index (κ1) is 12.6. The van der Waals surface area contributed by atoms with Crippen LogP contribution < -0.4 is 5.73 Å². The van der Waals surface area contributed by atoms with Crippen LogP contribution in [0.5, 0.6) is 0 Å². The zero-order chi connectivity index (χ0) is 12.1. The van der Waals surface area contributed by atoms with E-state index in [4.69, 9.17) is 5.73 Å². The smallest absolute Gasteiger partial charge is 0.0208 e. The van der Waals surface area contributed by atoms with Crippen molar-refractivity contribution < 1.29 is 0 Å². The Bertz CT molecular complexity index is 317. The molecule has 0 amide bonds. The molecule has 0 aromatic heterocycles. The third-order valence-electron chi connectivity index (χ3n) is 3.43. The lowest BCUT2D eigenvalue weighted by Crippen LogP contribution is -2.49. The summed E-state index contributed by atoms with van der Waals surface area (Å²) in [7, 11) is 2.18. The van der Waals surface area contributed by atoms with Crippen LogP contribution >= 0.6 is 0 Å². The third kappa shape index (κ3) is 4.11. The minimum Gasteiger partial charge on any atom is -0.326 e. The highest BCUT2D eigenvalue weighted by Crippen LogP contribution is 2.05. The van der Waals surface area contributed by atoms with E-state index in [1.165, 1.54) is 5.56 Å². The van der Waals surface area contributed by atoms with Gasteiger partial charge in [0.1, 0.15) is 0 Å². The number of benzene rings is 1. The summed E-state index contributed by atoms with van der Waals surface area (Å²) in [5.74, 6) is 0. The van der Waals surface area contributed by atoms with Crippen molar-refractivity contribution in [3.8, 4) is 0 Å². The number of likely N-dealkylation sites (N-methyl/N-ethyl adjacent to an activating group) is 1. The second kappa shape index (κ2) is 6.15. The SMILES string of the molecule is CN1CCN(C[C@H](N)Cc2ccccc2)CC1. The normalized spacial score (nSPS) is 20.4. The van der Waals surface area contributed by atoms with Crippen LogP contribution in [0.3, 0.4) is 0 Å². The molecular weight excluding hydrogens is 210 g/mol. The maximum absolute atomic E-state index is 6.22. The summed E-state index contributed by atoms with van der Waals surface area (Å²) in [6.07, 6.45) is 0.979. The molecule has 94 valence electrons. The summed E-state index contributed by atoms with van der Waals surface area (Å²) in [6.45, 7) is 5.65. The number of hydrogen-bond acceptors (Lipinski definition) is 3. The molecule has 1 heterocycles. The Hall–Kier alpha value is -0.900. The quantitative estimate of drug-likeness (QED) is 0.835. The van der Waals surface area contributed by atoms with Gasteiger partial charge in [-0.15, -0.1) is 0 Å². The first-order valence-electron chi connectivity index (χ1n) is 6.44. The van der Waals surface area contributed by atoms with Gasteiger partial charge in [-0.25, -0.2) is 0 Å². The summed E-state index contributed by atoms with van der Waals surface area (Å²) in [6, 6.07) is 10.8. The van der Waals surface area contributed by atoms with Gasteiger partial charge in [0.25, 0.3) is 0 Å². The second-order valence-electron chi connectivity index (χ2n) is 5.05. The number of nitrogens with zero attached hydrogens (tertiary/aromatic N) is 2. The zero-order valence-corrected chi connectivity index (χ0v) is 10.7.